The molecule has 0 atom stereocenters. The largest absolute Gasteiger partial charge is 0.301 e. The van der Waals surface area contributed by atoms with Gasteiger partial charge in [0.25, 0.3) is 0 Å². The van der Waals surface area contributed by atoms with Crippen LogP contribution in [0.1, 0.15) is 20.8 Å². The lowest BCUT2D eigenvalue weighted by Gasteiger charge is -1.99. The summed E-state index contributed by atoms with van der Waals surface area (Å²) in [6, 6.07) is 0. The Morgan fingerprint density at radius 3 is 2.17 bits per heavy atom. The van der Waals surface area contributed by atoms with E-state index in [0.717, 1.165) is 10.1 Å². The number of hydrogen-bond acceptors (Lipinski definition) is 10. The van der Waals surface area contributed by atoms with Crippen LogP contribution in [0.2, 0.25) is 0 Å². The van der Waals surface area contributed by atoms with Crippen LogP contribution in [-0.4, -0.2) is 43.7 Å². The summed E-state index contributed by atoms with van der Waals surface area (Å²) in [5.41, 5.74) is 0. The second-order valence-corrected chi connectivity index (χ2v) is 9.41. The van der Waals surface area contributed by atoms with E-state index in [-0.39, 0.29) is 17.6 Å². The van der Waals surface area contributed by atoms with E-state index in [1.165, 1.54) is 41.4 Å². The standard InChI is InChI=1S/C12H16N6O2S4/c1-6(2)4-21-11-17-16-10(24-11)14-8(20)5-22-12-18-15-9(23-12)13-7(3)19/h6H,4-5H2,1-3H3,(H,13,15,19)(H,14,16,20). The molecule has 130 valence electrons. The highest BCUT2D eigenvalue weighted by Gasteiger charge is 2.12. The fourth-order valence-corrected chi connectivity index (χ4v) is 4.65. The van der Waals surface area contributed by atoms with E-state index in [1.54, 1.807) is 11.8 Å². The monoisotopic (exact) mass is 404 g/mol. The van der Waals surface area contributed by atoms with Gasteiger partial charge < -0.3 is 5.32 Å². The molecule has 2 aromatic rings. The highest BCUT2D eigenvalue weighted by molar-refractivity contribution is 8.01. The van der Waals surface area contributed by atoms with Crippen molar-refractivity contribution in [3.63, 3.8) is 0 Å². The van der Waals surface area contributed by atoms with E-state index in [0.29, 0.717) is 20.5 Å². The minimum atomic E-state index is -0.206. The second kappa shape index (κ2) is 9.30. The molecule has 8 nitrogen and oxygen atoms in total. The van der Waals surface area contributed by atoms with Crippen LogP contribution >= 0.6 is 46.2 Å². The summed E-state index contributed by atoms with van der Waals surface area (Å²) in [6.07, 6.45) is 0. The number of aromatic nitrogens is 4. The molecule has 0 saturated carbocycles. The van der Waals surface area contributed by atoms with Gasteiger partial charge in [-0.1, -0.05) is 60.0 Å². The molecular weight excluding hydrogens is 388 g/mol. The molecule has 0 aliphatic heterocycles. The number of amides is 2. The first-order valence-electron chi connectivity index (χ1n) is 6.92. The minimum Gasteiger partial charge on any atom is -0.301 e. The zero-order valence-corrected chi connectivity index (χ0v) is 16.5. The van der Waals surface area contributed by atoms with Gasteiger partial charge in [0.2, 0.25) is 22.1 Å². The van der Waals surface area contributed by atoms with Crippen molar-refractivity contribution in [2.75, 3.05) is 22.1 Å². The number of carbonyl (C=O) groups excluding carboxylic acids is 2. The maximum atomic E-state index is 11.9. The fourth-order valence-electron chi connectivity index (χ4n) is 1.31. The molecule has 24 heavy (non-hydrogen) atoms. The number of rotatable bonds is 8. The van der Waals surface area contributed by atoms with Crippen LogP contribution in [0.5, 0.6) is 0 Å². The van der Waals surface area contributed by atoms with Crippen LogP contribution in [0.25, 0.3) is 0 Å². The first-order chi connectivity index (χ1) is 11.4. The highest BCUT2D eigenvalue weighted by atomic mass is 32.2. The molecule has 0 aliphatic rings. The van der Waals surface area contributed by atoms with Gasteiger partial charge in [0.1, 0.15) is 0 Å². The third kappa shape index (κ3) is 6.71. The molecule has 2 heterocycles. The van der Waals surface area contributed by atoms with E-state index in [9.17, 15) is 9.59 Å². The van der Waals surface area contributed by atoms with E-state index < -0.39 is 0 Å². The molecule has 0 bridgehead atoms. The Labute approximate surface area is 155 Å². The van der Waals surface area contributed by atoms with Gasteiger partial charge >= 0.3 is 0 Å². The fraction of sp³-hybridized carbons (Fsp3) is 0.500. The van der Waals surface area contributed by atoms with Crippen molar-refractivity contribution in [3.8, 4) is 0 Å². The maximum absolute atomic E-state index is 11.9. The number of anilines is 2. The Hall–Kier alpha value is -1.24. The first-order valence-corrected chi connectivity index (χ1v) is 10.5. The quantitative estimate of drug-likeness (QED) is 0.510. The molecule has 2 aromatic heterocycles. The zero-order chi connectivity index (χ0) is 17.5. The Balaban J connectivity index is 1.77. The van der Waals surface area contributed by atoms with Crippen LogP contribution in [0, 0.1) is 5.92 Å². The second-order valence-electron chi connectivity index (χ2n) is 4.97. The van der Waals surface area contributed by atoms with Crippen LogP contribution < -0.4 is 10.6 Å². The van der Waals surface area contributed by atoms with Gasteiger partial charge in [-0.05, 0) is 5.92 Å². The van der Waals surface area contributed by atoms with Crippen LogP contribution in [0.3, 0.4) is 0 Å². The summed E-state index contributed by atoms with van der Waals surface area (Å²) in [5, 5.41) is 21.9. The van der Waals surface area contributed by atoms with Gasteiger partial charge in [-0.3, -0.25) is 14.9 Å². The van der Waals surface area contributed by atoms with Gasteiger partial charge in [-0.2, -0.15) is 0 Å². The highest BCUT2D eigenvalue weighted by Crippen LogP contribution is 2.28. The molecule has 0 radical (unpaired) electrons. The van der Waals surface area contributed by atoms with Crippen molar-refractivity contribution >= 4 is 68.3 Å². The normalized spacial score (nSPS) is 10.8. The SMILES string of the molecule is CC(=O)Nc1nnc(SCC(=O)Nc2nnc(SCC(C)C)s2)s1. The lowest BCUT2D eigenvalue weighted by atomic mass is 10.3. The number of thioether (sulfide) groups is 2. The number of nitrogens with zero attached hydrogens (tertiary/aromatic N) is 4. The van der Waals surface area contributed by atoms with E-state index >= 15 is 0 Å². The maximum Gasteiger partial charge on any atom is 0.236 e. The number of carbonyl (C=O) groups is 2. The van der Waals surface area contributed by atoms with E-state index in [2.05, 4.69) is 44.9 Å². The molecule has 0 spiro atoms. The molecule has 0 fully saturated rings. The van der Waals surface area contributed by atoms with Crippen LogP contribution in [0.15, 0.2) is 8.68 Å². The predicted octanol–water partition coefficient (Wildman–Crippen LogP) is 2.83. The van der Waals surface area contributed by atoms with Crippen molar-refractivity contribution in [1.82, 2.24) is 20.4 Å². The summed E-state index contributed by atoms with van der Waals surface area (Å²) in [5.74, 6) is 1.33. The van der Waals surface area contributed by atoms with Gasteiger partial charge in [0.15, 0.2) is 8.68 Å². The smallest absolute Gasteiger partial charge is 0.236 e. The summed E-state index contributed by atoms with van der Waals surface area (Å²) < 4.78 is 1.45. The molecule has 0 aliphatic carbocycles. The number of nitrogens with one attached hydrogen (secondary N) is 2. The molecular formula is C12H16N6O2S4. The Bertz CT molecular complexity index is 701. The van der Waals surface area contributed by atoms with Crippen LogP contribution in [-0.2, 0) is 9.59 Å². The first kappa shape index (κ1) is 19.1. The Morgan fingerprint density at radius 1 is 1.00 bits per heavy atom. The van der Waals surface area contributed by atoms with E-state index in [4.69, 9.17) is 0 Å². The van der Waals surface area contributed by atoms with Gasteiger partial charge in [0.05, 0.1) is 5.75 Å². The lowest BCUT2D eigenvalue weighted by Crippen LogP contribution is -2.13. The molecule has 0 unspecified atom stereocenters. The van der Waals surface area contributed by atoms with Crippen molar-refractivity contribution in [3.05, 3.63) is 0 Å². The zero-order valence-electron chi connectivity index (χ0n) is 13.2. The molecule has 0 aromatic carbocycles. The lowest BCUT2D eigenvalue weighted by molar-refractivity contribution is -0.114. The van der Waals surface area contributed by atoms with Crippen molar-refractivity contribution in [2.24, 2.45) is 5.92 Å². The topological polar surface area (TPSA) is 110 Å². The summed E-state index contributed by atoms with van der Waals surface area (Å²) >= 11 is 5.47. The third-order valence-corrected chi connectivity index (χ3v) is 6.58. The average Bonchev–Trinajstić information content (AvgIpc) is 3.12. The van der Waals surface area contributed by atoms with Gasteiger partial charge in [-0.15, -0.1) is 20.4 Å². The van der Waals surface area contributed by atoms with Crippen molar-refractivity contribution in [1.29, 1.82) is 0 Å². The van der Waals surface area contributed by atoms with Gasteiger partial charge in [0, 0.05) is 12.7 Å². The Kier molecular flexibility index (Phi) is 7.40. The minimum absolute atomic E-state index is 0.183. The van der Waals surface area contributed by atoms with Crippen molar-refractivity contribution < 1.29 is 9.59 Å². The van der Waals surface area contributed by atoms with Crippen LogP contribution in [0.4, 0.5) is 10.3 Å². The molecule has 2 N–H and O–H groups in total. The molecule has 2 amide bonds. The third-order valence-electron chi connectivity index (χ3n) is 2.21. The van der Waals surface area contributed by atoms with Gasteiger partial charge in [-0.25, -0.2) is 0 Å². The summed E-state index contributed by atoms with van der Waals surface area (Å²) in [4.78, 5) is 22.9. The molecule has 0 saturated heterocycles. The molecule has 2 rings (SSSR count). The Morgan fingerprint density at radius 2 is 1.58 bits per heavy atom. The average molecular weight is 405 g/mol. The van der Waals surface area contributed by atoms with E-state index in [1.807, 2.05) is 0 Å². The summed E-state index contributed by atoms with van der Waals surface area (Å²) in [7, 11) is 0. The predicted molar refractivity (Wildman–Crippen MR) is 99.0 cm³/mol. The molecule has 12 heteroatoms. The number of hydrogen-bond donors (Lipinski definition) is 2. The summed E-state index contributed by atoms with van der Waals surface area (Å²) in [6.45, 7) is 5.68. The van der Waals surface area contributed by atoms with Crippen molar-refractivity contribution in [2.45, 2.75) is 29.5 Å².